The molecule has 0 bridgehead atoms. The molecule has 2 saturated heterocycles. The summed E-state index contributed by atoms with van der Waals surface area (Å²) in [6, 6.07) is 1.90. The molecule has 0 aromatic carbocycles. The van der Waals surface area contributed by atoms with Crippen molar-refractivity contribution in [3.8, 4) is 0 Å². The van der Waals surface area contributed by atoms with Gasteiger partial charge in [-0.3, -0.25) is 4.90 Å². The van der Waals surface area contributed by atoms with Gasteiger partial charge in [0.2, 0.25) is 0 Å². The van der Waals surface area contributed by atoms with Crippen LogP contribution in [0.5, 0.6) is 0 Å². The molecule has 0 amide bonds. The van der Waals surface area contributed by atoms with Gasteiger partial charge in [0.25, 0.3) is 0 Å². The van der Waals surface area contributed by atoms with Gasteiger partial charge in [-0.05, 0) is 26.4 Å². The third-order valence-electron chi connectivity index (χ3n) is 4.54. The molecule has 0 spiro atoms. The fourth-order valence-corrected chi connectivity index (χ4v) is 3.30. The molecule has 2 rings (SSSR count). The Balaban J connectivity index is 1.95. The summed E-state index contributed by atoms with van der Waals surface area (Å²) in [6.45, 7) is 10.9. The number of nitrogens with zero attached hydrogens (tertiary/aromatic N) is 2. The van der Waals surface area contributed by atoms with Crippen molar-refractivity contribution < 1.29 is 4.74 Å². The lowest BCUT2D eigenvalue weighted by atomic mass is 9.99. The van der Waals surface area contributed by atoms with Crippen LogP contribution in [-0.4, -0.2) is 74.4 Å². The standard InChI is InChI=1S/C14H29N3O/c1-4-12-10-17(8-7-16(12)3)14-11-18-9-6-13(14)15-5-2/h12-15H,4-11H2,1-3H3. The van der Waals surface area contributed by atoms with Crippen LogP contribution in [-0.2, 0) is 4.74 Å². The van der Waals surface area contributed by atoms with E-state index in [9.17, 15) is 0 Å². The number of likely N-dealkylation sites (N-methyl/N-ethyl adjacent to an activating group) is 2. The number of ether oxygens (including phenoxy) is 1. The van der Waals surface area contributed by atoms with Crippen LogP contribution in [0.15, 0.2) is 0 Å². The van der Waals surface area contributed by atoms with Crippen molar-refractivity contribution in [1.82, 2.24) is 15.1 Å². The van der Waals surface area contributed by atoms with Gasteiger partial charge in [0.1, 0.15) is 0 Å². The van der Waals surface area contributed by atoms with E-state index >= 15 is 0 Å². The maximum absolute atomic E-state index is 5.71. The molecule has 106 valence electrons. The van der Waals surface area contributed by atoms with Gasteiger partial charge in [0.05, 0.1) is 6.61 Å². The van der Waals surface area contributed by atoms with Crippen molar-refractivity contribution in [3.63, 3.8) is 0 Å². The molecule has 4 heteroatoms. The predicted molar refractivity (Wildman–Crippen MR) is 75.0 cm³/mol. The Hall–Kier alpha value is -0.160. The summed E-state index contributed by atoms with van der Waals surface area (Å²) in [7, 11) is 2.25. The molecule has 18 heavy (non-hydrogen) atoms. The number of piperazine rings is 1. The largest absolute Gasteiger partial charge is 0.380 e. The van der Waals surface area contributed by atoms with Crippen molar-refractivity contribution in [2.24, 2.45) is 0 Å². The van der Waals surface area contributed by atoms with Gasteiger partial charge >= 0.3 is 0 Å². The molecule has 0 aromatic rings. The lowest BCUT2D eigenvalue weighted by Crippen LogP contribution is -2.61. The first kappa shape index (κ1) is 14.3. The zero-order valence-electron chi connectivity index (χ0n) is 12.2. The fourth-order valence-electron chi connectivity index (χ4n) is 3.30. The summed E-state index contributed by atoms with van der Waals surface area (Å²) in [5.41, 5.74) is 0. The Kier molecular flexibility index (Phi) is 5.42. The van der Waals surface area contributed by atoms with Crippen molar-refractivity contribution in [2.45, 2.75) is 44.8 Å². The molecule has 1 N–H and O–H groups in total. The highest BCUT2D eigenvalue weighted by Crippen LogP contribution is 2.19. The van der Waals surface area contributed by atoms with E-state index in [2.05, 4.69) is 36.0 Å². The van der Waals surface area contributed by atoms with Gasteiger partial charge in [-0.2, -0.15) is 0 Å². The quantitative estimate of drug-likeness (QED) is 0.803. The SMILES string of the molecule is CCNC1CCOCC1N1CCN(C)C(CC)C1. The van der Waals surface area contributed by atoms with Crippen LogP contribution in [0.3, 0.4) is 0 Å². The molecular formula is C14H29N3O. The number of nitrogens with one attached hydrogen (secondary N) is 1. The minimum absolute atomic E-state index is 0.571. The topological polar surface area (TPSA) is 27.7 Å². The third kappa shape index (κ3) is 3.23. The molecule has 2 aliphatic heterocycles. The van der Waals surface area contributed by atoms with Crippen LogP contribution < -0.4 is 5.32 Å². The number of hydrogen-bond acceptors (Lipinski definition) is 4. The van der Waals surface area contributed by atoms with Crippen molar-refractivity contribution >= 4 is 0 Å². The molecule has 4 nitrogen and oxygen atoms in total. The zero-order chi connectivity index (χ0) is 13.0. The van der Waals surface area contributed by atoms with Crippen LogP contribution in [0, 0.1) is 0 Å². The molecule has 2 heterocycles. The van der Waals surface area contributed by atoms with E-state index in [1.54, 1.807) is 0 Å². The summed E-state index contributed by atoms with van der Waals surface area (Å²) >= 11 is 0. The van der Waals surface area contributed by atoms with Gasteiger partial charge in [0.15, 0.2) is 0 Å². The van der Waals surface area contributed by atoms with Crippen molar-refractivity contribution in [2.75, 3.05) is 46.4 Å². The second-order valence-corrected chi connectivity index (χ2v) is 5.63. The number of hydrogen-bond donors (Lipinski definition) is 1. The van der Waals surface area contributed by atoms with Crippen molar-refractivity contribution in [3.05, 3.63) is 0 Å². The van der Waals surface area contributed by atoms with E-state index in [4.69, 9.17) is 4.74 Å². The van der Waals surface area contributed by atoms with Gasteiger partial charge in [-0.15, -0.1) is 0 Å². The molecule has 0 saturated carbocycles. The average molecular weight is 255 g/mol. The lowest BCUT2D eigenvalue weighted by molar-refractivity contribution is -0.0298. The highest BCUT2D eigenvalue weighted by molar-refractivity contribution is 4.91. The van der Waals surface area contributed by atoms with Crippen LogP contribution >= 0.6 is 0 Å². The minimum Gasteiger partial charge on any atom is -0.380 e. The normalized spacial score (nSPS) is 35.8. The molecular weight excluding hydrogens is 226 g/mol. The lowest BCUT2D eigenvalue weighted by Gasteiger charge is -2.46. The maximum Gasteiger partial charge on any atom is 0.0637 e. The van der Waals surface area contributed by atoms with Gasteiger partial charge in [0, 0.05) is 44.4 Å². The molecule has 3 unspecified atom stereocenters. The smallest absolute Gasteiger partial charge is 0.0637 e. The van der Waals surface area contributed by atoms with E-state index in [1.807, 2.05) is 0 Å². The van der Waals surface area contributed by atoms with E-state index in [0.717, 1.165) is 26.2 Å². The van der Waals surface area contributed by atoms with Gasteiger partial charge < -0.3 is 15.0 Å². The monoisotopic (exact) mass is 255 g/mol. The summed E-state index contributed by atoms with van der Waals surface area (Å²) in [6.07, 6.45) is 2.40. The molecule has 2 fully saturated rings. The van der Waals surface area contributed by atoms with Crippen LogP contribution in [0.2, 0.25) is 0 Å². The second kappa shape index (κ2) is 6.85. The minimum atomic E-state index is 0.571. The fraction of sp³-hybridized carbons (Fsp3) is 1.00. The van der Waals surface area contributed by atoms with E-state index in [1.165, 1.54) is 26.1 Å². The number of rotatable bonds is 4. The maximum atomic E-state index is 5.71. The third-order valence-corrected chi connectivity index (χ3v) is 4.54. The molecule has 0 aliphatic carbocycles. The van der Waals surface area contributed by atoms with Crippen molar-refractivity contribution in [1.29, 1.82) is 0 Å². The van der Waals surface area contributed by atoms with Gasteiger partial charge in [-0.25, -0.2) is 0 Å². The Morgan fingerprint density at radius 3 is 2.83 bits per heavy atom. The Morgan fingerprint density at radius 1 is 1.28 bits per heavy atom. The Morgan fingerprint density at radius 2 is 2.11 bits per heavy atom. The van der Waals surface area contributed by atoms with E-state index in [-0.39, 0.29) is 0 Å². The summed E-state index contributed by atoms with van der Waals surface area (Å²) < 4.78 is 5.71. The summed E-state index contributed by atoms with van der Waals surface area (Å²) in [5, 5.41) is 3.64. The van der Waals surface area contributed by atoms with Crippen LogP contribution in [0.25, 0.3) is 0 Å². The van der Waals surface area contributed by atoms with Gasteiger partial charge in [-0.1, -0.05) is 13.8 Å². The second-order valence-electron chi connectivity index (χ2n) is 5.63. The summed E-state index contributed by atoms with van der Waals surface area (Å²) in [4.78, 5) is 5.16. The molecule has 0 aromatic heterocycles. The first-order chi connectivity index (χ1) is 8.76. The average Bonchev–Trinajstić information content (AvgIpc) is 2.40. The molecule has 2 aliphatic rings. The molecule has 3 atom stereocenters. The summed E-state index contributed by atoms with van der Waals surface area (Å²) in [5.74, 6) is 0. The van der Waals surface area contributed by atoms with E-state index in [0.29, 0.717) is 18.1 Å². The predicted octanol–water partition coefficient (Wildman–Crippen LogP) is 0.779. The highest BCUT2D eigenvalue weighted by Gasteiger charge is 2.34. The first-order valence-electron chi connectivity index (χ1n) is 7.51. The highest BCUT2D eigenvalue weighted by atomic mass is 16.5. The van der Waals surface area contributed by atoms with Crippen LogP contribution in [0.1, 0.15) is 26.7 Å². The van der Waals surface area contributed by atoms with Crippen LogP contribution in [0.4, 0.5) is 0 Å². The first-order valence-corrected chi connectivity index (χ1v) is 7.51. The Labute approximate surface area is 112 Å². The van der Waals surface area contributed by atoms with E-state index < -0.39 is 0 Å². The zero-order valence-corrected chi connectivity index (χ0v) is 12.2. The Bertz CT molecular complexity index is 247. The molecule has 0 radical (unpaired) electrons.